The van der Waals surface area contributed by atoms with Crippen molar-refractivity contribution in [3.63, 3.8) is 0 Å². The largest absolute Gasteiger partial charge is 0.497 e. The van der Waals surface area contributed by atoms with Gasteiger partial charge in [-0.25, -0.2) is 0 Å². The van der Waals surface area contributed by atoms with Gasteiger partial charge in [0.05, 0.1) is 7.11 Å². The van der Waals surface area contributed by atoms with Crippen molar-refractivity contribution in [3.8, 4) is 28.0 Å². The van der Waals surface area contributed by atoms with Crippen molar-refractivity contribution in [2.24, 2.45) is 0 Å². The standard InChI is InChI=1S/C22H16O3/c1-13-3-5-14(6-4-13)19-20(22(24)21(19)23)17-8-7-16-12-18(25-2)10-9-15(16)11-17/h3-12H,1-2H3. The van der Waals surface area contributed by atoms with Crippen molar-refractivity contribution in [3.05, 3.63) is 86.7 Å². The van der Waals surface area contributed by atoms with Crippen LogP contribution in [0.5, 0.6) is 5.75 Å². The van der Waals surface area contributed by atoms with Crippen LogP contribution in [-0.2, 0) is 0 Å². The minimum atomic E-state index is -0.413. The van der Waals surface area contributed by atoms with Gasteiger partial charge in [0.15, 0.2) is 0 Å². The van der Waals surface area contributed by atoms with E-state index in [1.165, 1.54) is 0 Å². The first-order valence-corrected chi connectivity index (χ1v) is 8.07. The molecular weight excluding hydrogens is 312 g/mol. The molecule has 0 radical (unpaired) electrons. The fourth-order valence-corrected chi connectivity index (χ4v) is 3.17. The van der Waals surface area contributed by atoms with E-state index >= 15 is 0 Å². The van der Waals surface area contributed by atoms with Crippen LogP contribution in [0.2, 0.25) is 0 Å². The molecule has 0 N–H and O–H groups in total. The van der Waals surface area contributed by atoms with Crippen LogP contribution in [0.3, 0.4) is 0 Å². The van der Waals surface area contributed by atoms with E-state index in [0.29, 0.717) is 11.1 Å². The second-order valence-electron chi connectivity index (χ2n) is 6.20. The lowest BCUT2D eigenvalue weighted by Gasteiger charge is -2.13. The highest BCUT2D eigenvalue weighted by Crippen LogP contribution is 2.31. The van der Waals surface area contributed by atoms with E-state index in [2.05, 4.69) is 0 Å². The molecule has 0 aliphatic rings. The maximum atomic E-state index is 12.2. The fraction of sp³-hybridized carbons (Fsp3) is 0.0909. The molecule has 3 heteroatoms. The van der Waals surface area contributed by atoms with Crippen LogP contribution in [0.4, 0.5) is 0 Å². The van der Waals surface area contributed by atoms with Gasteiger partial charge in [-0.3, -0.25) is 9.59 Å². The van der Waals surface area contributed by atoms with Gasteiger partial charge < -0.3 is 4.74 Å². The quantitative estimate of drug-likeness (QED) is 0.532. The van der Waals surface area contributed by atoms with E-state index in [1.54, 1.807) is 7.11 Å². The first kappa shape index (κ1) is 15.3. The number of benzene rings is 3. The second kappa shape index (κ2) is 5.71. The fourth-order valence-electron chi connectivity index (χ4n) is 3.17. The number of methoxy groups -OCH3 is 1. The maximum absolute atomic E-state index is 12.2. The monoisotopic (exact) mass is 328 g/mol. The molecule has 0 atom stereocenters. The Morgan fingerprint density at radius 3 is 1.92 bits per heavy atom. The normalized spacial score (nSPS) is 11.1. The minimum absolute atomic E-state index is 0.409. The zero-order chi connectivity index (χ0) is 17.6. The van der Waals surface area contributed by atoms with Crippen LogP contribution in [0.25, 0.3) is 33.0 Å². The lowest BCUT2D eigenvalue weighted by atomic mass is 9.88. The highest BCUT2D eigenvalue weighted by molar-refractivity contribution is 5.93. The number of hydrogen-bond donors (Lipinski definition) is 0. The van der Waals surface area contributed by atoms with E-state index < -0.39 is 10.9 Å². The molecule has 0 heterocycles. The lowest BCUT2D eigenvalue weighted by molar-refractivity contribution is 0.415. The molecule has 0 spiro atoms. The van der Waals surface area contributed by atoms with Gasteiger partial charge >= 0.3 is 0 Å². The highest BCUT2D eigenvalue weighted by Gasteiger charge is 2.23. The summed E-state index contributed by atoms with van der Waals surface area (Å²) >= 11 is 0. The molecule has 0 saturated carbocycles. The molecule has 0 amide bonds. The number of fused-ring (bicyclic) bond motifs is 1. The Bertz CT molecular complexity index is 1160. The third kappa shape index (κ3) is 2.45. The predicted octanol–water partition coefficient (Wildman–Crippen LogP) is 4.09. The average Bonchev–Trinajstić information content (AvgIpc) is 2.65. The molecule has 0 fully saturated rings. The molecule has 0 saturated heterocycles. The number of ether oxygens (including phenoxy) is 1. The van der Waals surface area contributed by atoms with E-state index in [1.807, 2.05) is 67.6 Å². The van der Waals surface area contributed by atoms with Crippen molar-refractivity contribution in [2.75, 3.05) is 7.11 Å². The van der Waals surface area contributed by atoms with Crippen LogP contribution in [0.1, 0.15) is 5.56 Å². The second-order valence-corrected chi connectivity index (χ2v) is 6.20. The molecule has 0 aliphatic carbocycles. The van der Waals surface area contributed by atoms with E-state index in [9.17, 15) is 9.59 Å². The Kier molecular flexibility index (Phi) is 3.50. The summed E-state index contributed by atoms with van der Waals surface area (Å²) < 4.78 is 5.24. The van der Waals surface area contributed by atoms with Crippen LogP contribution in [0.15, 0.2) is 70.3 Å². The minimum Gasteiger partial charge on any atom is -0.497 e. The number of rotatable bonds is 3. The van der Waals surface area contributed by atoms with Crippen molar-refractivity contribution >= 4 is 10.8 Å². The van der Waals surface area contributed by atoms with Crippen LogP contribution < -0.4 is 15.6 Å². The van der Waals surface area contributed by atoms with Gasteiger partial charge in [-0.05, 0) is 47.0 Å². The molecule has 4 aromatic carbocycles. The predicted molar refractivity (Wildman–Crippen MR) is 101 cm³/mol. The van der Waals surface area contributed by atoms with Crippen LogP contribution >= 0.6 is 0 Å². The van der Waals surface area contributed by atoms with Crippen molar-refractivity contribution in [1.82, 2.24) is 0 Å². The van der Waals surface area contributed by atoms with Gasteiger partial charge in [0.1, 0.15) is 5.75 Å². The van der Waals surface area contributed by atoms with Crippen LogP contribution in [-0.4, -0.2) is 7.11 Å². The van der Waals surface area contributed by atoms with Gasteiger partial charge in [-0.1, -0.05) is 48.0 Å². The Hall–Kier alpha value is -3.20. The summed E-state index contributed by atoms with van der Waals surface area (Å²) in [6, 6.07) is 19.2. The van der Waals surface area contributed by atoms with Crippen molar-refractivity contribution in [2.45, 2.75) is 6.92 Å². The Labute approximate surface area is 144 Å². The molecule has 122 valence electrons. The Balaban J connectivity index is 1.87. The molecule has 3 nitrogen and oxygen atoms in total. The molecule has 0 unspecified atom stereocenters. The van der Waals surface area contributed by atoms with Crippen molar-refractivity contribution < 1.29 is 4.74 Å². The molecule has 25 heavy (non-hydrogen) atoms. The van der Waals surface area contributed by atoms with E-state index in [-0.39, 0.29) is 0 Å². The van der Waals surface area contributed by atoms with Gasteiger partial charge in [0, 0.05) is 11.1 Å². The van der Waals surface area contributed by atoms with Gasteiger partial charge in [0.25, 0.3) is 0 Å². The molecule has 0 bridgehead atoms. The molecule has 4 rings (SSSR count). The first-order valence-electron chi connectivity index (χ1n) is 8.07. The number of hydrogen-bond acceptors (Lipinski definition) is 3. The van der Waals surface area contributed by atoms with Gasteiger partial charge in [-0.2, -0.15) is 0 Å². The number of aryl methyl sites for hydroxylation is 1. The third-order valence-electron chi connectivity index (χ3n) is 4.59. The summed E-state index contributed by atoms with van der Waals surface area (Å²) in [5, 5.41) is 2.03. The highest BCUT2D eigenvalue weighted by atomic mass is 16.5. The summed E-state index contributed by atoms with van der Waals surface area (Å²) in [4.78, 5) is 24.4. The maximum Gasteiger partial charge on any atom is 0.234 e. The SMILES string of the molecule is COc1ccc2cc(-c3c(-c4ccc(C)cc4)c(=O)c3=O)ccc2c1. The molecule has 4 aromatic rings. The molecule has 0 aliphatic heterocycles. The van der Waals surface area contributed by atoms with Crippen LogP contribution in [0, 0.1) is 6.92 Å². The summed E-state index contributed by atoms with van der Waals surface area (Å²) in [5.41, 5.74) is 2.88. The van der Waals surface area contributed by atoms with Crippen molar-refractivity contribution in [1.29, 1.82) is 0 Å². The first-order chi connectivity index (χ1) is 12.1. The Morgan fingerprint density at radius 1 is 0.680 bits per heavy atom. The summed E-state index contributed by atoms with van der Waals surface area (Å²) in [5.74, 6) is 0.787. The average molecular weight is 328 g/mol. The molecule has 0 aromatic heterocycles. The van der Waals surface area contributed by atoms with E-state index in [4.69, 9.17) is 4.74 Å². The van der Waals surface area contributed by atoms with Gasteiger partial charge in [-0.15, -0.1) is 0 Å². The van der Waals surface area contributed by atoms with E-state index in [0.717, 1.165) is 33.2 Å². The van der Waals surface area contributed by atoms with Gasteiger partial charge in [0.2, 0.25) is 10.9 Å². The Morgan fingerprint density at radius 2 is 1.24 bits per heavy atom. The topological polar surface area (TPSA) is 43.4 Å². The zero-order valence-corrected chi connectivity index (χ0v) is 14.0. The third-order valence-corrected chi connectivity index (χ3v) is 4.59. The molecular formula is C22H16O3. The zero-order valence-electron chi connectivity index (χ0n) is 14.0. The summed E-state index contributed by atoms with van der Waals surface area (Å²) in [7, 11) is 1.63. The smallest absolute Gasteiger partial charge is 0.234 e. The summed E-state index contributed by atoms with van der Waals surface area (Å²) in [6.45, 7) is 1.99. The summed E-state index contributed by atoms with van der Waals surface area (Å²) in [6.07, 6.45) is 0. The lowest BCUT2D eigenvalue weighted by Crippen LogP contribution is -2.34.